The van der Waals surface area contributed by atoms with Crippen molar-refractivity contribution in [3.8, 4) is 0 Å². The summed E-state index contributed by atoms with van der Waals surface area (Å²) in [5.41, 5.74) is 2.38. The van der Waals surface area contributed by atoms with Gasteiger partial charge in [0.1, 0.15) is 11.9 Å². The molecule has 2 aromatic rings. The van der Waals surface area contributed by atoms with Crippen molar-refractivity contribution in [3.63, 3.8) is 0 Å². The van der Waals surface area contributed by atoms with E-state index in [9.17, 15) is 18.8 Å². The highest BCUT2D eigenvalue weighted by Gasteiger charge is 2.35. The second kappa shape index (κ2) is 11.1. The van der Waals surface area contributed by atoms with Crippen LogP contribution in [-0.2, 0) is 4.79 Å². The maximum Gasteiger partial charge on any atom is 0.335 e. The molecule has 0 spiro atoms. The topological polar surface area (TPSA) is 98.7 Å². The first-order valence-corrected chi connectivity index (χ1v) is 12.7. The molecule has 2 aliphatic rings. The van der Waals surface area contributed by atoms with Crippen LogP contribution in [-0.4, -0.2) is 46.5 Å². The van der Waals surface area contributed by atoms with Crippen LogP contribution in [0, 0.1) is 5.82 Å². The summed E-state index contributed by atoms with van der Waals surface area (Å²) < 4.78 is 14.3. The van der Waals surface area contributed by atoms with E-state index >= 15 is 0 Å². The molecule has 0 aromatic heterocycles. The molecule has 1 heterocycles. The van der Waals surface area contributed by atoms with Crippen molar-refractivity contribution in [2.24, 2.45) is 0 Å². The highest BCUT2D eigenvalue weighted by atomic mass is 19.1. The van der Waals surface area contributed by atoms with Gasteiger partial charge in [-0.05, 0) is 85.8 Å². The number of likely N-dealkylation sites (tertiary alicyclic amines) is 1. The lowest BCUT2D eigenvalue weighted by molar-refractivity contribution is -0.125. The molecule has 7 nitrogen and oxygen atoms in total. The molecule has 1 saturated carbocycles. The summed E-state index contributed by atoms with van der Waals surface area (Å²) >= 11 is 0. The number of carboxylic acid groups (broad SMARTS) is 1. The minimum absolute atomic E-state index is 0.0500. The number of anilines is 1. The molecule has 36 heavy (non-hydrogen) atoms. The number of nitrogens with zero attached hydrogens (tertiary/aromatic N) is 1. The van der Waals surface area contributed by atoms with Gasteiger partial charge in [0, 0.05) is 18.3 Å². The molecular weight excluding hydrogens is 461 g/mol. The Kier molecular flexibility index (Phi) is 7.91. The number of hydrogen-bond donors (Lipinski definition) is 3. The molecule has 2 fully saturated rings. The Labute approximate surface area is 211 Å². The summed E-state index contributed by atoms with van der Waals surface area (Å²) in [4.78, 5) is 38.6. The molecule has 0 bridgehead atoms. The van der Waals surface area contributed by atoms with E-state index in [0.717, 1.165) is 37.7 Å². The molecular formula is C28H34FN3O4. The summed E-state index contributed by atoms with van der Waals surface area (Å²) in [5, 5.41) is 15.0. The van der Waals surface area contributed by atoms with E-state index in [0.29, 0.717) is 30.1 Å². The number of benzene rings is 2. The minimum Gasteiger partial charge on any atom is -0.478 e. The Balaban J connectivity index is 1.29. The van der Waals surface area contributed by atoms with E-state index in [-0.39, 0.29) is 29.2 Å². The monoisotopic (exact) mass is 495 g/mol. The Morgan fingerprint density at radius 1 is 1.00 bits per heavy atom. The number of nitrogens with one attached hydrogen (secondary N) is 2. The van der Waals surface area contributed by atoms with Crippen molar-refractivity contribution in [2.45, 2.75) is 76.3 Å². The first kappa shape index (κ1) is 25.7. The summed E-state index contributed by atoms with van der Waals surface area (Å²) in [6.07, 6.45) is 4.82. The van der Waals surface area contributed by atoms with E-state index in [1.165, 1.54) is 6.07 Å². The number of urea groups is 1. The molecule has 4 rings (SSSR count). The predicted octanol–water partition coefficient (Wildman–Crippen LogP) is 5.49. The smallest absolute Gasteiger partial charge is 0.335 e. The summed E-state index contributed by atoms with van der Waals surface area (Å²) in [6.45, 7) is 4.31. The van der Waals surface area contributed by atoms with E-state index < -0.39 is 18.0 Å². The largest absolute Gasteiger partial charge is 0.478 e. The zero-order chi connectivity index (χ0) is 25.8. The number of amides is 3. The van der Waals surface area contributed by atoms with Crippen molar-refractivity contribution < 1.29 is 23.9 Å². The zero-order valence-electron chi connectivity index (χ0n) is 20.8. The standard InChI is InChI=1S/C28H34FN3O4/c1-17(2)23-14-13-22(16-24(23)29)31-28(36)32-15-3-4-25(32)26(33)30-21-11-9-19(10-12-21)18-5-7-20(8-6-18)27(34)35/h5-8,13-14,16-17,19,21,25H,3-4,9-12,15H2,1-2H3,(H,30,33)(H,31,36)(H,34,35)/t19?,21?,25-/m1/s1. The van der Waals surface area contributed by atoms with Crippen LogP contribution in [0.4, 0.5) is 14.9 Å². The molecule has 3 amide bonds. The molecule has 0 radical (unpaired) electrons. The molecule has 3 N–H and O–H groups in total. The number of aromatic carboxylic acids is 1. The Morgan fingerprint density at radius 2 is 1.69 bits per heavy atom. The van der Waals surface area contributed by atoms with E-state index in [2.05, 4.69) is 10.6 Å². The fourth-order valence-corrected chi connectivity index (χ4v) is 5.32. The van der Waals surface area contributed by atoms with E-state index in [4.69, 9.17) is 5.11 Å². The summed E-state index contributed by atoms with van der Waals surface area (Å²) in [5.74, 6) is -1.03. The molecule has 2 aromatic carbocycles. The average Bonchev–Trinajstić information content (AvgIpc) is 3.35. The fourth-order valence-electron chi connectivity index (χ4n) is 5.32. The first-order valence-electron chi connectivity index (χ1n) is 12.7. The Bertz CT molecular complexity index is 1110. The third kappa shape index (κ3) is 5.86. The van der Waals surface area contributed by atoms with Crippen molar-refractivity contribution in [1.29, 1.82) is 0 Å². The third-order valence-electron chi connectivity index (χ3n) is 7.39. The maximum absolute atomic E-state index is 14.3. The number of carboxylic acids is 1. The predicted molar refractivity (Wildman–Crippen MR) is 136 cm³/mol. The quantitative estimate of drug-likeness (QED) is 0.494. The van der Waals surface area contributed by atoms with Gasteiger partial charge in [-0.15, -0.1) is 0 Å². The van der Waals surface area contributed by atoms with Crippen LogP contribution in [0.3, 0.4) is 0 Å². The number of halogens is 1. The van der Waals surface area contributed by atoms with E-state index in [1.54, 1.807) is 29.2 Å². The highest BCUT2D eigenvalue weighted by Crippen LogP contribution is 2.33. The van der Waals surface area contributed by atoms with Crippen LogP contribution in [0.2, 0.25) is 0 Å². The molecule has 8 heteroatoms. The normalized spacial score (nSPS) is 21.9. The van der Waals surface area contributed by atoms with Crippen molar-refractivity contribution in [3.05, 3.63) is 65.0 Å². The Hall–Kier alpha value is -3.42. The van der Waals surface area contributed by atoms with Gasteiger partial charge in [0.05, 0.1) is 5.56 Å². The molecule has 1 atom stereocenters. The zero-order valence-corrected chi connectivity index (χ0v) is 20.8. The lowest BCUT2D eigenvalue weighted by atomic mass is 9.81. The van der Waals surface area contributed by atoms with Gasteiger partial charge in [-0.2, -0.15) is 0 Å². The third-order valence-corrected chi connectivity index (χ3v) is 7.39. The first-order chi connectivity index (χ1) is 17.2. The molecule has 0 unspecified atom stereocenters. The van der Waals surface area contributed by atoms with Crippen molar-refractivity contribution >= 4 is 23.6 Å². The van der Waals surface area contributed by atoms with Crippen LogP contribution in [0.25, 0.3) is 0 Å². The summed E-state index contributed by atoms with van der Waals surface area (Å²) in [6, 6.07) is 10.9. The van der Waals surface area contributed by atoms with Gasteiger partial charge >= 0.3 is 12.0 Å². The number of carbonyl (C=O) groups excluding carboxylic acids is 2. The van der Waals surface area contributed by atoms with Gasteiger partial charge in [0.2, 0.25) is 5.91 Å². The molecule has 192 valence electrons. The summed E-state index contributed by atoms with van der Waals surface area (Å²) in [7, 11) is 0. The van der Waals surface area contributed by atoms with Gasteiger partial charge in [-0.1, -0.05) is 32.0 Å². The van der Waals surface area contributed by atoms with Gasteiger partial charge in [0.25, 0.3) is 0 Å². The van der Waals surface area contributed by atoms with Gasteiger partial charge in [-0.3, -0.25) is 4.79 Å². The van der Waals surface area contributed by atoms with Crippen LogP contribution in [0.5, 0.6) is 0 Å². The lowest BCUT2D eigenvalue weighted by Gasteiger charge is -2.31. The second-order valence-electron chi connectivity index (χ2n) is 10.2. The Morgan fingerprint density at radius 3 is 2.31 bits per heavy atom. The highest BCUT2D eigenvalue weighted by molar-refractivity contribution is 5.94. The number of carbonyl (C=O) groups is 3. The fraction of sp³-hybridized carbons (Fsp3) is 0.464. The van der Waals surface area contributed by atoms with Crippen LogP contribution < -0.4 is 10.6 Å². The lowest BCUT2D eigenvalue weighted by Crippen LogP contribution is -2.50. The molecule has 1 saturated heterocycles. The van der Waals surface area contributed by atoms with Gasteiger partial charge < -0.3 is 20.6 Å². The van der Waals surface area contributed by atoms with Crippen LogP contribution in [0.15, 0.2) is 42.5 Å². The van der Waals surface area contributed by atoms with Gasteiger partial charge in [0.15, 0.2) is 0 Å². The number of hydrogen-bond acceptors (Lipinski definition) is 3. The van der Waals surface area contributed by atoms with Gasteiger partial charge in [-0.25, -0.2) is 14.0 Å². The SMILES string of the molecule is CC(C)c1ccc(NC(=O)N2CCC[C@@H]2C(=O)NC2CCC(c3ccc(C(=O)O)cc3)CC2)cc1F. The van der Waals surface area contributed by atoms with Crippen molar-refractivity contribution in [2.75, 3.05) is 11.9 Å². The number of rotatable bonds is 6. The molecule has 1 aliphatic heterocycles. The maximum atomic E-state index is 14.3. The van der Waals surface area contributed by atoms with Crippen LogP contribution >= 0.6 is 0 Å². The van der Waals surface area contributed by atoms with Crippen LogP contribution in [0.1, 0.15) is 85.7 Å². The van der Waals surface area contributed by atoms with E-state index in [1.807, 2.05) is 26.0 Å². The minimum atomic E-state index is -0.932. The van der Waals surface area contributed by atoms with Crippen molar-refractivity contribution in [1.82, 2.24) is 10.2 Å². The molecule has 1 aliphatic carbocycles. The average molecular weight is 496 g/mol. The second-order valence-corrected chi connectivity index (χ2v) is 10.2.